The zero-order chi connectivity index (χ0) is 16.1. The van der Waals surface area contributed by atoms with Crippen molar-refractivity contribution in [1.82, 2.24) is 15.1 Å². The third kappa shape index (κ3) is 3.78. The molecule has 0 bridgehead atoms. The van der Waals surface area contributed by atoms with Gasteiger partial charge in [-0.15, -0.1) is 0 Å². The molecule has 2 aromatic rings. The van der Waals surface area contributed by atoms with Gasteiger partial charge in [-0.25, -0.2) is 0 Å². The number of anilines is 1. The number of halogens is 1. The minimum atomic E-state index is -0.487. The maximum atomic E-state index is 12.4. The number of nitrogens with zero attached hydrogens (tertiary/aromatic N) is 2. The van der Waals surface area contributed by atoms with E-state index in [-0.39, 0.29) is 5.91 Å². The lowest BCUT2D eigenvalue weighted by Crippen LogP contribution is -2.30. The van der Waals surface area contributed by atoms with Crippen LogP contribution in [0.5, 0.6) is 5.75 Å². The van der Waals surface area contributed by atoms with Crippen LogP contribution in [0, 0.1) is 0 Å². The third-order valence-electron chi connectivity index (χ3n) is 3.11. The fraction of sp³-hybridized carbons (Fsp3) is 0.333. The summed E-state index contributed by atoms with van der Waals surface area (Å²) in [4.78, 5) is 12.4. The first-order valence-electron chi connectivity index (χ1n) is 6.94. The van der Waals surface area contributed by atoms with Crippen molar-refractivity contribution in [2.24, 2.45) is 7.05 Å². The molecule has 0 fully saturated rings. The van der Waals surface area contributed by atoms with E-state index in [4.69, 9.17) is 16.3 Å². The summed E-state index contributed by atoms with van der Waals surface area (Å²) in [6.07, 6.45) is 3.46. The van der Waals surface area contributed by atoms with E-state index in [9.17, 15) is 4.79 Å². The SMILES string of the molecule is CCOc1ccc(NC(=O)C(NC)c2cnn(C)c2)cc1Cl. The highest BCUT2D eigenvalue weighted by Crippen LogP contribution is 2.28. The van der Waals surface area contributed by atoms with Crippen molar-refractivity contribution in [3.63, 3.8) is 0 Å². The summed E-state index contributed by atoms with van der Waals surface area (Å²) in [6, 6.07) is 4.67. The third-order valence-corrected chi connectivity index (χ3v) is 3.40. The summed E-state index contributed by atoms with van der Waals surface area (Å²) >= 11 is 6.12. The van der Waals surface area contributed by atoms with Gasteiger partial charge in [0, 0.05) is 24.5 Å². The van der Waals surface area contributed by atoms with Gasteiger partial charge in [-0.1, -0.05) is 11.6 Å². The molecule has 7 heteroatoms. The largest absolute Gasteiger partial charge is 0.492 e. The van der Waals surface area contributed by atoms with Crippen LogP contribution in [0.2, 0.25) is 5.02 Å². The minimum absolute atomic E-state index is 0.185. The van der Waals surface area contributed by atoms with Gasteiger partial charge >= 0.3 is 0 Å². The zero-order valence-corrected chi connectivity index (χ0v) is 13.5. The number of nitrogens with one attached hydrogen (secondary N) is 2. The van der Waals surface area contributed by atoms with Crippen molar-refractivity contribution in [2.45, 2.75) is 13.0 Å². The van der Waals surface area contributed by atoms with Gasteiger partial charge in [0.15, 0.2) is 0 Å². The molecule has 1 amide bonds. The van der Waals surface area contributed by atoms with Crippen LogP contribution in [0.4, 0.5) is 5.69 Å². The first-order chi connectivity index (χ1) is 10.5. The predicted molar refractivity (Wildman–Crippen MR) is 86.3 cm³/mol. The first-order valence-corrected chi connectivity index (χ1v) is 7.32. The van der Waals surface area contributed by atoms with E-state index in [0.29, 0.717) is 23.1 Å². The highest BCUT2D eigenvalue weighted by Gasteiger charge is 2.20. The molecule has 1 unspecified atom stereocenters. The van der Waals surface area contributed by atoms with Crippen LogP contribution < -0.4 is 15.4 Å². The monoisotopic (exact) mass is 322 g/mol. The molecule has 0 aliphatic heterocycles. The Labute approximate surface area is 134 Å². The maximum Gasteiger partial charge on any atom is 0.246 e. The molecule has 1 aromatic carbocycles. The molecule has 0 saturated heterocycles. The summed E-state index contributed by atoms with van der Waals surface area (Å²) in [5, 5.41) is 10.3. The number of rotatable bonds is 6. The van der Waals surface area contributed by atoms with Crippen LogP contribution in [0.1, 0.15) is 18.5 Å². The molecule has 2 N–H and O–H groups in total. The first kappa shape index (κ1) is 16.3. The molecule has 1 aromatic heterocycles. The van der Waals surface area contributed by atoms with E-state index in [1.165, 1.54) is 0 Å². The summed E-state index contributed by atoms with van der Waals surface area (Å²) in [7, 11) is 3.53. The lowest BCUT2D eigenvalue weighted by molar-refractivity contribution is -0.118. The average molecular weight is 323 g/mol. The van der Waals surface area contributed by atoms with Crippen molar-refractivity contribution in [3.8, 4) is 5.75 Å². The van der Waals surface area contributed by atoms with Crippen LogP contribution >= 0.6 is 11.6 Å². The smallest absolute Gasteiger partial charge is 0.246 e. The van der Waals surface area contributed by atoms with Crippen molar-refractivity contribution in [2.75, 3.05) is 19.0 Å². The van der Waals surface area contributed by atoms with Crippen LogP contribution in [0.25, 0.3) is 0 Å². The fourth-order valence-electron chi connectivity index (χ4n) is 2.10. The number of aryl methyl sites for hydroxylation is 1. The molecular formula is C15H19ClN4O2. The number of hydrogen-bond acceptors (Lipinski definition) is 4. The number of ether oxygens (including phenoxy) is 1. The Morgan fingerprint density at radius 2 is 2.27 bits per heavy atom. The second-order valence-electron chi connectivity index (χ2n) is 4.74. The van der Waals surface area contributed by atoms with Crippen molar-refractivity contribution < 1.29 is 9.53 Å². The van der Waals surface area contributed by atoms with Gasteiger partial charge in [0.05, 0.1) is 17.8 Å². The van der Waals surface area contributed by atoms with E-state index in [1.807, 2.05) is 6.92 Å². The number of hydrogen-bond donors (Lipinski definition) is 2. The highest BCUT2D eigenvalue weighted by atomic mass is 35.5. The van der Waals surface area contributed by atoms with Crippen molar-refractivity contribution >= 4 is 23.2 Å². The molecule has 0 spiro atoms. The normalized spacial score (nSPS) is 12.0. The van der Waals surface area contributed by atoms with Crippen molar-refractivity contribution in [3.05, 3.63) is 41.2 Å². The van der Waals surface area contributed by atoms with Crippen molar-refractivity contribution in [1.29, 1.82) is 0 Å². The fourth-order valence-corrected chi connectivity index (χ4v) is 2.34. The molecular weight excluding hydrogens is 304 g/mol. The number of amides is 1. The quantitative estimate of drug-likeness (QED) is 0.856. The molecule has 0 radical (unpaired) electrons. The second kappa shape index (κ2) is 7.29. The Morgan fingerprint density at radius 3 is 2.82 bits per heavy atom. The Kier molecular flexibility index (Phi) is 5.41. The minimum Gasteiger partial charge on any atom is -0.492 e. The summed E-state index contributed by atoms with van der Waals surface area (Å²) in [6.45, 7) is 2.42. The summed E-state index contributed by atoms with van der Waals surface area (Å²) in [5.41, 5.74) is 1.40. The number of carbonyl (C=O) groups excluding carboxylic acids is 1. The van der Waals surface area contributed by atoms with Gasteiger partial charge in [0.2, 0.25) is 5.91 Å². The van der Waals surface area contributed by atoms with E-state index in [0.717, 1.165) is 5.56 Å². The summed E-state index contributed by atoms with van der Waals surface area (Å²) in [5.74, 6) is 0.412. The Hall–Kier alpha value is -2.05. The molecule has 2 rings (SSSR count). The Morgan fingerprint density at radius 1 is 1.50 bits per heavy atom. The maximum absolute atomic E-state index is 12.4. The molecule has 0 saturated carbocycles. The Balaban J connectivity index is 2.12. The van der Waals surface area contributed by atoms with Crippen LogP contribution in [0.3, 0.4) is 0 Å². The van der Waals surface area contributed by atoms with Gasteiger partial charge in [-0.3, -0.25) is 9.48 Å². The molecule has 1 heterocycles. The van der Waals surface area contributed by atoms with E-state index in [2.05, 4.69) is 15.7 Å². The van der Waals surface area contributed by atoms with Gasteiger partial charge in [-0.05, 0) is 32.2 Å². The van der Waals surface area contributed by atoms with Crippen LogP contribution in [-0.4, -0.2) is 29.3 Å². The topological polar surface area (TPSA) is 68.2 Å². The molecule has 1 atom stereocenters. The standard InChI is InChI=1S/C15H19ClN4O2/c1-4-22-13-6-5-11(7-12(13)16)19-15(21)14(17-2)10-8-18-20(3)9-10/h5-9,14,17H,4H2,1-3H3,(H,19,21). The number of aromatic nitrogens is 2. The number of likely N-dealkylation sites (N-methyl/N-ethyl adjacent to an activating group) is 1. The van der Waals surface area contributed by atoms with Crippen LogP contribution in [-0.2, 0) is 11.8 Å². The van der Waals surface area contributed by atoms with Crippen LogP contribution in [0.15, 0.2) is 30.6 Å². The van der Waals surface area contributed by atoms with E-state index in [1.54, 1.807) is 49.4 Å². The lowest BCUT2D eigenvalue weighted by atomic mass is 10.1. The second-order valence-corrected chi connectivity index (χ2v) is 5.14. The van der Waals surface area contributed by atoms with Gasteiger partial charge < -0.3 is 15.4 Å². The van der Waals surface area contributed by atoms with Gasteiger partial charge in [-0.2, -0.15) is 5.10 Å². The number of carbonyl (C=O) groups is 1. The zero-order valence-electron chi connectivity index (χ0n) is 12.8. The molecule has 0 aliphatic rings. The molecule has 118 valence electrons. The molecule has 0 aliphatic carbocycles. The van der Waals surface area contributed by atoms with Gasteiger partial charge in [0.1, 0.15) is 11.8 Å². The number of benzene rings is 1. The highest BCUT2D eigenvalue weighted by molar-refractivity contribution is 6.32. The Bertz CT molecular complexity index is 657. The molecule has 6 nitrogen and oxygen atoms in total. The van der Waals surface area contributed by atoms with E-state index >= 15 is 0 Å². The predicted octanol–water partition coefficient (Wildman–Crippen LogP) is 2.37. The summed E-state index contributed by atoms with van der Waals surface area (Å²) < 4.78 is 7.02. The molecule has 22 heavy (non-hydrogen) atoms. The average Bonchev–Trinajstić information content (AvgIpc) is 2.89. The van der Waals surface area contributed by atoms with E-state index < -0.39 is 6.04 Å². The lowest BCUT2D eigenvalue weighted by Gasteiger charge is -2.15. The van der Waals surface area contributed by atoms with Gasteiger partial charge in [0.25, 0.3) is 0 Å².